The molecule has 1 N–H and O–H groups in total. The highest BCUT2D eigenvalue weighted by Crippen LogP contribution is 2.26. The lowest BCUT2D eigenvalue weighted by Crippen LogP contribution is -2.22. The predicted molar refractivity (Wildman–Crippen MR) is 74.4 cm³/mol. The third-order valence-corrected chi connectivity index (χ3v) is 3.37. The largest absolute Gasteiger partial charge is 0.477 e. The number of pyridine rings is 1. The first-order valence-electron chi connectivity index (χ1n) is 7.12. The SMILES string of the molecule is CCOCC(C)Oc1nc2c(cc1C(=O)O)CCCC2. The number of carbonyl (C=O) groups is 1. The number of aromatic nitrogens is 1. The van der Waals surface area contributed by atoms with Crippen molar-refractivity contribution < 1.29 is 19.4 Å². The number of fused-ring (bicyclic) bond motifs is 1. The maximum absolute atomic E-state index is 11.4. The summed E-state index contributed by atoms with van der Waals surface area (Å²) in [7, 11) is 0. The van der Waals surface area contributed by atoms with E-state index >= 15 is 0 Å². The van der Waals surface area contributed by atoms with Crippen molar-refractivity contribution in [3.05, 3.63) is 22.9 Å². The second-order valence-corrected chi connectivity index (χ2v) is 5.05. The standard InChI is InChI=1S/C15H21NO4/c1-3-19-9-10(2)20-14-12(15(17)18)8-11-6-4-5-7-13(11)16-14/h8,10H,3-7,9H2,1-2H3,(H,17,18). The van der Waals surface area contributed by atoms with Crippen LogP contribution in [0.2, 0.25) is 0 Å². The first-order valence-corrected chi connectivity index (χ1v) is 7.12. The highest BCUT2D eigenvalue weighted by Gasteiger charge is 2.21. The molecule has 0 radical (unpaired) electrons. The summed E-state index contributed by atoms with van der Waals surface area (Å²) in [4.78, 5) is 15.8. The number of ether oxygens (including phenoxy) is 2. The molecule has 5 nitrogen and oxygen atoms in total. The van der Waals surface area contributed by atoms with Crippen LogP contribution in [-0.4, -0.2) is 35.4 Å². The van der Waals surface area contributed by atoms with E-state index in [1.54, 1.807) is 6.07 Å². The van der Waals surface area contributed by atoms with E-state index in [1.165, 1.54) is 0 Å². The van der Waals surface area contributed by atoms with E-state index in [9.17, 15) is 9.90 Å². The average Bonchev–Trinajstić information content (AvgIpc) is 2.44. The van der Waals surface area contributed by atoms with Crippen molar-refractivity contribution in [1.82, 2.24) is 4.98 Å². The van der Waals surface area contributed by atoms with E-state index in [2.05, 4.69) is 4.98 Å². The molecular weight excluding hydrogens is 258 g/mol. The summed E-state index contributed by atoms with van der Waals surface area (Å²) in [5, 5.41) is 9.30. The van der Waals surface area contributed by atoms with Crippen molar-refractivity contribution in [2.24, 2.45) is 0 Å². The summed E-state index contributed by atoms with van der Waals surface area (Å²) in [6.07, 6.45) is 3.76. The van der Waals surface area contributed by atoms with Gasteiger partial charge in [-0.3, -0.25) is 0 Å². The Morgan fingerprint density at radius 1 is 1.45 bits per heavy atom. The number of aryl methyl sites for hydroxylation is 2. The lowest BCUT2D eigenvalue weighted by Gasteiger charge is -2.20. The molecule has 1 aliphatic carbocycles. The summed E-state index contributed by atoms with van der Waals surface area (Å²) < 4.78 is 10.9. The quantitative estimate of drug-likeness (QED) is 0.866. The molecule has 0 spiro atoms. The highest BCUT2D eigenvalue weighted by molar-refractivity contribution is 5.90. The summed E-state index contributed by atoms with van der Waals surface area (Å²) >= 11 is 0. The third-order valence-electron chi connectivity index (χ3n) is 3.37. The smallest absolute Gasteiger partial charge is 0.341 e. The molecular formula is C15H21NO4. The number of aromatic carboxylic acids is 1. The van der Waals surface area contributed by atoms with E-state index in [0.29, 0.717) is 13.2 Å². The Hall–Kier alpha value is -1.62. The molecule has 110 valence electrons. The van der Waals surface area contributed by atoms with Gasteiger partial charge in [0.25, 0.3) is 0 Å². The molecule has 1 atom stereocenters. The van der Waals surface area contributed by atoms with Gasteiger partial charge in [-0.15, -0.1) is 0 Å². The van der Waals surface area contributed by atoms with Gasteiger partial charge in [0.15, 0.2) is 0 Å². The Bertz CT molecular complexity index is 487. The fraction of sp³-hybridized carbons (Fsp3) is 0.600. The fourth-order valence-electron chi connectivity index (χ4n) is 2.37. The zero-order valence-corrected chi connectivity index (χ0v) is 12.0. The molecule has 0 fully saturated rings. The molecule has 1 aliphatic rings. The maximum atomic E-state index is 11.4. The van der Waals surface area contributed by atoms with Crippen molar-refractivity contribution in [1.29, 1.82) is 0 Å². The van der Waals surface area contributed by atoms with E-state index in [1.807, 2.05) is 13.8 Å². The molecule has 5 heteroatoms. The number of hydrogen-bond donors (Lipinski definition) is 1. The van der Waals surface area contributed by atoms with E-state index in [-0.39, 0.29) is 17.5 Å². The molecule has 0 aliphatic heterocycles. The third kappa shape index (κ3) is 3.48. The fourth-order valence-corrected chi connectivity index (χ4v) is 2.37. The molecule has 1 aromatic rings. The van der Waals surface area contributed by atoms with Crippen LogP contribution in [-0.2, 0) is 17.6 Å². The van der Waals surface area contributed by atoms with Gasteiger partial charge in [-0.05, 0) is 51.2 Å². The summed E-state index contributed by atoms with van der Waals surface area (Å²) in [6.45, 7) is 4.79. The predicted octanol–water partition coefficient (Wildman–Crippen LogP) is 2.46. The maximum Gasteiger partial charge on any atom is 0.341 e. The molecule has 0 bridgehead atoms. The summed E-state index contributed by atoms with van der Waals surface area (Å²) in [5.74, 6) is -0.783. The Labute approximate surface area is 118 Å². The number of rotatable bonds is 6. The van der Waals surface area contributed by atoms with Crippen LogP contribution in [0.4, 0.5) is 0 Å². The Balaban J connectivity index is 2.23. The van der Waals surface area contributed by atoms with Gasteiger partial charge in [-0.2, -0.15) is 0 Å². The monoisotopic (exact) mass is 279 g/mol. The molecule has 0 saturated carbocycles. The van der Waals surface area contributed by atoms with Crippen LogP contribution in [0.25, 0.3) is 0 Å². The number of hydrogen-bond acceptors (Lipinski definition) is 4. The highest BCUT2D eigenvalue weighted by atomic mass is 16.5. The molecule has 20 heavy (non-hydrogen) atoms. The second kappa shape index (κ2) is 6.70. The van der Waals surface area contributed by atoms with Crippen LogP contribution in [0.15, 0.2) is 6.07 Å². The first-order chi connectivity index (χ1) is 9.61. The van der Waals surface area contributed by atoms with Gasteiger partial charge < -0.3 is 14.6 Å². The lowest BCUT2D eigenvalue weighted by atomic mass is 9.95. The second-order valence-electron chi connectivity index (χ2n) is 5.05. The van der Waals surface area contributed by atoms with Crippen LogP contribution in [0, 0.1) is 0 Å². The van der Waals surface area contributed by atoms with Gasteiger partial charge in [-0.25, -0.2) is 9.78 Å². The number of nitrogens with zero attached hydrogens (tertiary/aromatic N) is 1. The number of carboxylic acid groups (broad SMARTS) is 1. The molecule has 1 unspecified atom stereocenters. The van der Waals surface area contributed by atoms with Gasteiger partial charge >= 0.3 is 5.97 Å². The molecule has 0 amide bonds. The Morgan fingerprint density at radius 3 is 2.90 bits per heavy atom. The average molecular weight is 279 g/mol. The van der Waals surface area contributed by atoms with Gasteiger partial charge in [0, 0.05) is 12.3 Å². The summed E-state index contributed by atoms with van der Waals surface area (Å²) in [6, 6.07) is 1.71. The molecule has 1 heterocycles. The Morgan fingerprint density at radius 2 is 2.20 bits per heavy atom. The van der Waals surface area contributed by atoms with Crippen molar-refractivity contribution in [2.75, 3.05) is 13.2 Å². The van der Waals surface area contributed by atoms with Crippen LogP contribution in [0.5, 0.6) is 5.88 Å². The van der Waals surface area contributed by atoms with E-state index in [4.69, 9.17) is 9.47 Å². The van der Waals surface area contributed by atoms with Gasteiger partial charge in [0.2, 0.25) is 5.88 Å². The van der Waals surface area contributed by atoms with Crippen molar-refractivity contribution in [3.63, 3.8) is 0 Å². The van der Waals surface area contributed by atoms with Gasteiger partial charge in [0.1, 0.15) is 11.7 Å². The van der Waals surface area contributed by atoms with Crippen LogP contribution >= 0.6 is 0 Å². The van der Waals surface area contributed by atoms with Gasteiger partial charge in [-0.1, -0.05) is 0 Å². The summed E-state index contributed by atoms with van der Waals surface area (Å²) in [5.41, 5.74) is 2.16. The van der Waals surface area contributed by atoms with E-state index in [0.717, 1.165) is 36.9 Å². The zero-order chi connectivity index (χ0) is 14.5. The molecule has 0 saturated heterocycles. The molecule has 0 aromatic carbocycles. The molecule has 1 aromatic heterocycles. The zero-order valence-electron chi connectivity index (χ0n) is 12.0. The number of carboxylic acids is 1. The topological polar surface area (TPSA) is 68.7 Å². The lowest BCUT2D eigenvalue weighted by molar-refractivity contribution is 0.0586. The normalized spacial score (nSPS) is 15.5. The van der Waals surface area contributed by atoms with Crippen LogP contribution < -0.4 is 4.74 Å². The van der Waals surface area contributed by atoms with Crippen LogP contribution in [0.1, 0.15) is 48.3 Å². The minimum Gasteiger partial charge on any atom is -0.477 e. The Kier molecular flexibility index (Phi) is 4.95. The first kappa shape index (κ1) is 14.8. The van der Waals surface area contributed by atoms with Crippen molar-refractivity contribution in [3.8, 4) is 5.88 Å². The minimum atomic E-state index is -0.996. The van der Waals surface area contributed by atoms with Crippen LogP contribution in [0.3, 0.4) is 0 Å². The van der Waals surface area contributed by atoms with Crippen molar-refractivity contribution >= 4 is 5.97 Å². The van der Waals surface area contributed by atoms with E-state index < -0.39 is 5.97 Å². The molecule has 2 rings (SSSR count). The van der Waals surface area contributed by atoms with Crippen molar-refractivity contribution in [2.45, 2.75) is 45.6 Å². The minimum absolute atomic E-state index is 0.147. The van der Waals surface area contributed by atoms with Gasteiger partial charge in [0.05, 0.1) is 6.61 Å².